The topological polar surface area (TPSA) is 78.5 Å². The highest BCUT2D eigenvalue weighted by molar-refractivity contribution is 6.09. The van der Waals surface area contributed by atoms with E-state index in [1.165, 1.54) is 21.8 Å². The van der Waals surface area contributed by atoms with E-state index in [-0.39, 0.29) is 11.9 Å². The molecule has 0 spiro atoms. The van der Waals surface area contributed by atoms with Crippen LogP contribution in [0.3, 0.4) is 0 Å². The number of imidazole rings is 1. The fourth-order valence-electron chi connectivity index (χ4n) is 5.20. The number of aromatic nitrogens is 3. The molecule has 2 aromatic heterocycles. The summed E-state index contributed by atoms with van der Waals surface area (Å²) >= 11 is 0. The van der Waals surface area contributed by atoms with Gasteiger partial charge in [0.2, 0.25) is 0 Å². The van der Waals surface area contributed by atoms with Crippen LogP contribution in [-0.2, 0) is 17.8 Å². The molecule has 5 aromatic rings. The van der Waals surface area contributed by atoms with Gasteiger partial charge in [-0.05, 0) is 56.2 Å². The third kappa shape index (κ3) is 3.40. The SMILES string of the molecule is CCn1c2ccccc2c2cc(-c3nc4cc(OC(=O)O)ccc4n3CC3CCCO3)ccc21. The first-order chi connectivity index (χ1) is 16.6. The predicted molar refractivity (Wildman–Crippen MR) is 131 cm³/mol. The zero-order chi connectivity index (χ0) is 23.2. The number of hydrogen-bond donors (Lipinski definition) is 1. The molecule has 1 fully saturated rings. The fraction of sp³-hybridized carbons (Fsp3) is 0.259. The van der Waals surface area contributed by atoms with Gasteiger partial charge in [-0.2, -0.15) is 0 Å². The Labute approximate surface area is 196 Å². The maximum atomic E-state index is 11.0. The quantitative estimate of drug-likeness (QED) is 0.257. The minimum atomic E-state index is -1.34. The van der Waals surface area contributed by atoms with Crippen molar-refractivity contribution in [3.63, 3.8) is 0 Å². The molecule has 172 valence electrons. The highest BCUT2D eigenvalue weighted by atomic mass is 16.7. The minimum absolute atomic E-state index is 0.136. The number of hydrogen-bond acceptors (Lipinski definition) is 4. The molecule has 6 rings (SSSR count). The zero-order valence-electron chi connectivity index (χ0n) is 18.9. The molecule has 1 saturated heterocycles. The van der Waals surface area contributed by atoms with E-state index in [0.29, 0.717) is 12.1 Å². The Morgan fingerprint density at radius 3 is 2.68 bits per heavy atom. The first kappa shape index (κ1) is 20.7. The minimum Gasteiger partial charge on any atom is -0.449 e. The molecule has 34 heavy (non-hydrogen) atoms. The molecule has 1 aliphatic rings. The Bertz CT molecular complexity index is 1540. The number of ether oxygens (including phenoxy) is 2. The Morgan fingerprint density at radius 2 is 1.88 bits per heavy atom. The van der Waals surface area contributed by atoms with E-state index in [2.05, 4.69) is 58.5 Å². The lowest BCUT2D eigenvalue weighted by atomic mass is 10.1. The van der Waals surface area contributed by atoms with Gasteiger partial charge in [0, 0.05) is 46.6 Å². The summed E-state index contributed by atoms with van der Waals surface area (Å²) in [5, 5.41) is 11.4. The number of benzene rings is 3. The van der Waals surface area contributed by atoms with Crippen molar-refractivity contribution in [3.8, 4) is 17.1 Å². The molecule has 0 bridgehead atoms. The molecule has 1 aliphatic heterocycles. The molecule has 0 saturated carbocycles. The Morgan fingerprint density at radius 1 is 1.06 bits per heavy atom. The van der Waals surface area contributed by atoms with Gasteiger partial charge in [-0.25, -0.2) is 9.78 Å². The molecule has 1 unspecified atom stereocenters. The van der Waals surface area contributed by atoms with Gasteiger partial charge in [-0.3, -0.25) is 0 Å². The second kappa shape index (κ2) is 8.18. The number of rotatable bonds is 5. The van der Waals surface area contributed by atoms with Gasteiger partial charge in [0.15, 0.2) is 0 Å². The molecule has 7 heteroatoms. The Hall–Kier alpha value is -3.84. The lowest BCUT2D eigenvalue weighted by molar-refractivity contribution is 0.0982. The summed E-state index contributed by atoms with van der Waals surface area (Å²) in [5.74, 6) is 1.10. The summed E-state index contributed by atoms with van der Waals surface area (Å²) < 4.78 is 15.3. The van der Waals surface area contributed by atoms with Crippen LogP contribution in [0, 0.1) is 0 Å². The average molecular weight is 456 g/mol. The van der Waals surface area contributed by atoms with Crippen molar-refractivity contribution in [1.29, 1.82) is 0 Å². The van der Waals surface area contributed by atoms with Crippen LogP contribution < -0.4 is 4.74 Å². The van der Waals surface area contributed by atoms with Gasteiger partial charge in [-0.1, -0.05) is 18.2 Å². The highest BCUT2D eigenvalue weighted by Crippen LogP contribution is 2.34. The molecule has 7 nitrogen and oxygen atoms in total. The van der Waals surface area contributed by atoms with Crippen molar-refractivity contribution in [2.75, 3.05) is 6.61 Å². The smallest absolute Gasteiger partial charge is 0.449 e. The maximum absolute atomic E-state index is 11.0. The van der Waals surface area contributed by atoms with Gasteiger partial charge in [0.05, 0.1) is 23.7 Å². The van der Waals surface area contributed by atoms with Crippen molar-refractivity contribution in [3.05, 3.63) is 60.7 Å². The summed E-state index contributed by atoms with van der Waals surface area (Å²) in [6, 6.07) is 20.2. The molecule has 0 aliphatic carbocycles. The normalized spacial score (nSPS) is 16.1. The lowest BCUT2D eigenvalue weighted by Crippen LogP contribution is -2.15. The number of carbonyl (C=O) groups is 1. The van der Waals surface area contributed by atoms with Gasteiger partial charge in [0.1, 0.15) is 11.6 Å². The van der Waals surface area contributed by atoms with Crippen LogP contribution in [-0.4, -0.2) is 38.1 Å². The molecule has 0 radical (unpaired) electrons. The summed E-state index contributed by atoms with van der Waals surface area (Å²) in [5.41, 5.74) is 5.07. The molecule has 3 heterocycles. The van der Waals surface area contributed by atoms with Gasteiger partial charge < -0.3 is 23.7 Å². The second-order valence-corrected chi connectivity index (χ2v) is 8.69. The van der Waals surface area contributed by atoms with E-state index in [0.717, 1.165) is 42.9 Å². The highest BCUT2D eigenvalue weighted by Gasteiger charge is 2.22. The first-order valence-corrected chi connectivity index (χ1v) is 11.7. The third-order valence-electron chi connectivity index (χ3n) is 6.68. The average Bonchev–Trinajstić information content (AvgIpc) is 3.55. The zero-order valence-corrected chi connectivity index (χ0v) is 18.9. The van der Waals surface area contributed by atoms with E-state index in [1.807, 2.05) is 6.07 Å². The fourth-order valence-corrected chi connectivity index (χ4v) is 5.20. The molecular weight excluding hydrogens is 430 g/mol. The molecule has 1 N–H and O–H groups in total. The monoisotopic (exact) mass is 455 g/mol. The van der Waals surface area contributed by atoms with Crippen LogP contribution in [0.4, 0.5) is 4.79 Å². The van der Waals surface area contributed by atoms with E-state index in [9.17, 15) is 4.79 Å². The maximum Gasteiger partial charge on any atom is 0.511 e. The number of para-hydroxylation sites is 1. The van der Waals surface area contributed by atoms with Gasteiger partial charge in [-0.15, -0.1) is 0 Å². The van der Waals surface area contributed by atoms with Crippen molar-refractivity contribution >= 4 is 39.0 Å². The Balaban J connectivity index is 1.54. The summed E-state index contributed by atoms with van der Waals surface area (Å²) in [7, 11) is 0. The number of nitrogens with zero attached hydrogens (tertiary/aromatic N) is 3. The molecule has 0 amide bonds. The Kier molecular flexibility index (Phi) is 4.99. The van der Waals surface area contributed by atoms with Crippen molar-refractivity contribution in [2.24, 2.45) is 0 Å². The first-order valence-electron chi connectivity index (χ1n) is 11.7. The van der Waals surface area contributed by atoms with Crippen molar-refractivity contribution in [1.82, 2.24) is 14.1 Å². The lowest BCUT2D eigenvalue weighted by Gasteiger charge is -2.14. The summed E-state index contributed by atoms with van der Waals surface area (Å²) in [6.07, 6.45) is 0.876. The van der Waals surface area contributed by atoms with Crippen LogP contribution in [0.1, 0.15) is 19.8 Å². The van der Waals surface area contributed by atoms with Crippen LogP contribution >= 0.6 is 0 Å². The second-order valence-electron chi connectivity index (χ2n) is 8.69. The standard InChI is InChI=1S/C27H25N3O4/c1-2-29-23-8-4-3-7-20(23)21-14-17(9-11-24(21)29)26-28-22-15-18(34-27(31)32)10-12-25(22)30(26)16-19-6-5-13-33-19/h3-4,7-12,14-15,19H,2,5-6,13,16H2,1H3,(H,31,32). The van der Waals surface area contributed by atoms with Crippen LogP contribution in [0.2, 0.25) is 0 Å². The molecule has 3 aromatic carbocycles. The molecule has 1 atom stereocenters. The third-order valence-corrected chi connectivity index (χ3v) is 6.68. The van der Waals surface area contributed by atoms with E-state index in [4.69, 9.17) is 19.6 Å². The van der Waals surface area contributed by atoms with Gasteiger partial charge >= 0.3 is 6.16 Å². The van der Waals surface area contributed by atoms with Crippen molar-refractivity contribution in [2.45, 2.75) is 39.0 Å². The van der Waals surface area contributed by atoms with Gasteiger partial charge in [0.25, 0.3) is 0 Å². The number of aryl methyl sites for hydroxylation is 1. The largest absolute Gasteiger partial charge is 0.511 e. The van der Waals surface area contributed by atoms with E-state index >= 15 is 0 Å². The van der Waals surface area contributed by atoms with E-state index < -0.39 is 6.16 Å². The summed E-state index contributed by atoms with van der Waals surface area (Å²) in [4.78, 5) is 16.0. The van der Waals surface area contributed by atoms with Crippen molar-refractivity contribution < 1.29 is 19.4 Å². The van der Waals surface area contributed by atoms with Crippen LogP contribution in [0.25, 0.3) is 44.2 Å². The summed E-state index contributed by atoms with van der Waals surface area (Å²) in [6.45, 7) is 4.54. The number of fused-ring (bicyclic) bond motifs is 4. The molecular formula is C27H25N3O4. The van der Waals surface area contributed by atoms with E-state index in [1.54, 1.807) is 12.1 Å². The van der Waals surface area contributed by atoms with Crippen LogP contribution in [0.5, 0.6) is 5.75 Å². The number of carboxylic acid groups (broad SMARTS) is 1. The van der Waals surface area contributed by atoms with Crippen LogP contribution in [0.15, 0.2) is 60.7 Å². The predicted octanol–water partition coefficient (Wildman–Crippen LogP) is 6.07.